The van der Waals surface area contributed by atoms with Crippen molar-refractivity contribution in [2.45, 2.75) is 43.9 Å². The molecule has 1 rings (SSSR count). The third kappa shape index (κ3) is 5.05. The van der Waals surface area contributed by atoms with Gasteiger partial charge in [-0.1, -0.05) is 6.92 Å². The Hall–Kier alpha value is 0.180. The molecule has 0 amide bonds. The van der Waals surface area contributed by atoms with Gasteiger partial charge in [0.05, 0.1) is 0 Å². The summed E-state index contributed by atoms with van der Waals surface area (Å²) in [6.07, 6.45) is 3.40. The first kappa shape index (κ1) is 16.2. The van der Waals surface area contributed by atoms with Crippen molar-refractivity contribution in [1.82, 2.24) is 9.03 Å². The van der Waals surface area contributed by atoms with Gasteiger partial charge in [0.2, 0.25) is 0 Å². The fraction of sp³-hybridized carbons (Fsp3) is 1.00. The quantitative estimate of drug-likeness (QED) is 0.695. The molecule has 2 atom stereocenters. The van der Waals surface area contributed by atoms with Gasteiger partial charge in [0.1, 0.15) is 0 Å². The van der Waals surface area contributed by atoms with Gasteiger partial charge in [-0.2, -0.15) is 29.2 Å². The van der Waals surface area contributed by atoms with Crippen molar-refractivity contribution < 1.29 is 13.5 Å². The predicted molar refractivity (Wildman–Crippen MR) is 75.9 cm³/mol. The van der Waals surface area contributed by atoms with Crippen LogP contribution in [0.25, 0.3) is 0 Å². The van der Waals surface area contributed by atoms with Gasteiger partial charge in [0, 0.05) is 31.5 Å². The van der Waals surface area contributed by atoms with E-state index in [4.69, 9.17) is 5.11 Å². The summed E-state index contributed by atoms with van der Waals surface area (Å²) in [5, 5.41) is 9.30. The second kappa shape index (κ2) is 7.69. The van der Waals surface area contributed by atoms with Crippen LogP contribution in [0.1, 0.15) is 32.6 Å². The molecule has 0 aromatic rings. The average Bonchev–Trinajstić information content (AvgIpc) is 2.73. The highest BCUT2D eigenvalue weighted by Crippen LogP contribution is 2.30. The number of hydrogen-bond acceptors (Lipinski definition) is 4. The summed E-state index contributed by atoms with van der Waals surface area (Å²) in [5.41, 5.74) is 0. The predicted octanol–water partition coefficient (Wildman–Crippen LogP) is 0.809. The Bertz CT molecular complexity index is 335. The molecular formula is C11H24N2O3S2. The first-order valence-corrected chi connectivity index (χ1v) is 8.94. The van der Waals surface area contributed by atoms with Crippen molar-refractivity contribution in [2.24, 2.45) is 0 Å². The fourth-order valence-electron chi connectivity index (χ4n) is 2.15. The van der Waals surface area contributed by atoms with E-state index in [-0.39, 0.29) is 12.6 Å². The second-order valence-corrected chi connectivity index (χ2v) is 8.00. The largest absolute Gasteiger partial charge is 0.396 e. The zero-order valence-corrected chi connectivity index (χ0v) is 12.8. The lowest BCUT2D eigenvalue weighted by molar-refractivity contribution is 0.275. The van der Waals surface area contributed by atoms with Gasteiger partial charge in [-0.15, -0.1) is 0 Å². The molecule has 0 aromatic heterocycles. The van der Waals surface area contributed by atoms with E-state index in [1.54, 1.807) is 7.05 Å². The summed E-state index contributed by atoms with van der Waals surface area (Å²) < 4.78 is 28.0. The highest BCUT2D eigenvalue weighted by Gasteiger charge is 2.29. The number of hydrogen-bond donors (Lipinski definition) is 2. The maximum Gasteiger partial charge on any atom is 0.279 e. The number of thioether (sulfide) groups is 1. The summed E-state index contributed by atoms with van der Waals surface area (Å²) in [5.74, 6) is 1.08. The molecule has 5 nitrogen and oxygen atoms in total. The van der Waals surface area contributed by atoms with Gasteiger partial charge in [-0.05, 0) is 31.4 Å². The minimum absolute atomic E-state index is 0.0124. The summed E-state index contributed by atoms with van der Waals surface area (Å²) in [6.45, 7) is 2.50. The number of nitrogens with zero attached hydrogens (tertiary/aromatic N) is 1. The smallest absolute Gasteiger partial charge is 0.279 e. The van der Waals surface area contributed by atoms with Crippen LogP contribution < -0.4 is 4.72 Å². The van der Waals surface area contributed by atoms with Crippen LogP contribution in [-0.2, 0) is 10.2 Å². The highest BCUT2D eigenvalue weighted by molar-refractivity contribution is 7.99. The van der Waals surface area contributed by atoms with E-state index in [0.717, 1.165) is 25.0 Å². The average molecular weight is 296 g/mol. The topological polar surface area (TPSA) is 69.6 Å². The van der Waals surface area contributed by atoms with Gasteiger partial charge in [-0.3, -0.25) is 0 Å². The van der Waals surface area contributed by atoms with E-state index in [9.17, 15) is 8.42 Å². The summed E-state index contributed by atoms with van der Waals surface area (Å²) in [6, 6.07) is 0.0654. The van der Waals surface area contributed by atoms with E-state index >= 15 is 0 Å². The summed E-state index contributed by atoms with van der Waals surface area (Å²) in [7, 11) is -1.84. The first-order valence-electron chi connectivity index (χ1n) is 6.45. The molecule has 0 heterocycles. The second-order valence-electron chi connectivity index (χ2n) is 4.61. The number of aliphatic hydroxyl groups excluding tert-OH is 1. The van der Waals surface area contributed by atoms with Crippen LogP contribution in [0, 0.1) is 0 Å². The van der Waals surface area contributed by atoms with Crippen molar-refractivity contribution in [3.63, 3.8) is 0 Å². The third-order valence-electron chi connectivity index (χ3n) is 3.14. The van der Waals surface area contributed by atoms with Crippen molar-refractivity contribution in [1.29, 1.82) is 0 Å². The molecule has 1 aliphatic rings. The van der Waals surface area contributed by atoms with Crippen LogP contribution in [0.15, 0.2) is 0 Å². The Balaban J connectivity index is 2.41. The molecule has 2 unspecified atom stereocenters. The molecular weight excluding hydrogens is 272 g/mol. The minimum atomic E-state index is -3.39. The Morgan fingerprint density at radius 3 is 2.78 bits per heavy atom. The van der Waals surface area contributed by atoms with E-state index in [1.165, 1.54) is 4.31 Å². The molecule has 0 radical (unpaired) electrons. The van der Waals surface area contributed by atoms with Crippen molar-refractivity contribution in [3.05, 3.63) is 0 Å². The monoisotopic (exact) mass is 296 g/mol. The number of rotatable bonds is 8. The summed E-state index contributed by atoms with van der Waals surface area (Å²) >= 11 is 1.91. The van der Waals surface area contributed by atoms with Gasteiger partial charge in [0.25, 0.3) is 10.2 Å². The lowest BCUT2D eigenvalue weighted by Crippen LogP contribution is -2.43. The first-order chi connectivity index (χ1) is 8.49. The van der Waals surface area contributed by atoms with Gasteiger partial charge in [-0.25, -0.2) is 0 Å². The lowest BCUT2D eigenvalue weighted by Gasteiger charge is -2.20. The van der Waals surface area contributed by atoms with E-state index in [2.05, 4.69) is 11.6 Å². The Morgan fingerprint density at radius 2 is 2.17 bits per heavy atom. The Kier molecular flexibility index (Phi) is 6.94. The standard InChI is InChI=1S/C11H24N2O3S2/c1-3-17-11-6-5-10(9-11)12-18(15,16)13(2)7-4-8-14/h10-12,14H,3-9H2,1-2H3. The molecule has 1 aliphatic carbocycles. The Morgan fingerprint density at radius 1 is 1.44 bits per heavy atom. The minimum Gasteiger partial charge on any atom is -0.396 e. The van der Waals surface area contributed by atoms with Gasteiger partial charge < -0.3 is 5.11 Å². The maximum atomic E-state index is 12.0. The van der Waals surface area contributed by atoms with Gasteiger partial charge >= 0.3 is 0 Å². The molecule has 0 spiro atoms. The molecule has 0 bridgehead atoms. The van der Waals surface area contributed by atoms with Crippen molar-refractivity contribution in [3.8, 4) is 0 Å². The van der Waals surface area contributed by atoms with Crippen LogP contribution in [0.4, 0.5) is 0 Å². The molecule has 0 aliphatic heterocycles. The molecule has 1 fully saturated rings. The summed E-state index contributed by atoms with van der Waals surface area (Å²) in [4.78, 5) is 0. The number of aliphatic hydroxyl groups is 1. The zero-order chi connectivity index (χ0) is 13.6. The zero-order valence-electron chi connectivity index (χ0n) is 11.1. The molecule has 108 valence electrons. The van der Waals surface area contributed by atoms with Crippen LogP contribution in [0.5, 0.6) is 0 Å². The van der Waals surface area contributed by atoms with Crippen LogP contribution in [0.2, 0.25) is 0 Å². The normalized spacial score (nSPS) is 24.9. The van der Waals surface area contributed by atoms with Crippen molar-refractivity contribution >= 4 is 22.0 Å². The molecule has 0 aromatic carbocycles. The number of nitrogens with one attached hydrogen (secondary N) is 1. The van der Waals surface area contributed by atoms with Gasteiger partial charge in [0.15, 0.2) is 0 Å². The van der Waals surface area contributed by atoms with Crippen molar-refractivity contribution in [2.75, 3.05) is 26.0 Å². The SMILES string of the molecule is CCSC1CCC(NS(=O)(=O)N(C)CCCO)C1. The highest BCUT2D eigenvalue weighted by atomic mass is 32.2. The molecule has 18 heavy (non-hydrogen) atoms. The molecule has 1 saturated carbocycles. The Labute approximate surface area is 115 Å². The third-order valence-corrected chi connectivity index (χ3v) is 6.01. The fourth-order valence-corrected chi connectivity index (χ4v) is 4.48. The van der Waals surface area contributed by atoms with E-state index in [0.29, 0.717) is 18.2 Å². The molecule has 7 heteroatoms. The molecule has 2 N–H and O–H groups in total. The molecule has 0 saturated heterocycles. The van der Waals surface area contributed by atoms with E-state index in [1.807, 2.05) is 11.8 Å². The van der Waals surface area contributed by atoms with Crippen LogP contribution in [0.3, 0.4) is 0 Å². The maximum absolute atomic E-state index is 12.0. The van der Waals surface area contributed by atoms with Crippen LogP contribution in [-0.4, -0.2) is 55.1 Å². The van der Waals surface area contributed by atoms with E-state index < -0.39 is 10.2 Å². The lowest BCUT2D eigenvalue weighted by atomic mass is 10.3. The van der Waals surface area contributed by atoms with Crippen LogP contribution >= 0.6 is 11.8 Å².